The third kappa shape index (κ3) is 3.02. The second-order valence-electron chi connectivity index (χ2n) is 3.04. The Morgan fingerprint density at radius 3 is 2.33 bits per heavy atom. The second-order valence-corrected chi connectivity index (χ2v) is 3.04. The maximum absolute atomic E-state index is 4.09. The van der Waals surface area contributed by atoms with E-state index in [0.29, 0.717) is 0 Å². The second kappa shape index (κ2) is 5.05. The Morgan fingerprint density at radius 1 is 0.867 bits per heavy atom. The van der Waals surface area contributed by atoms with Crippen LogP contribution in [0.1, 0.15) is 11.4 Å². The zero-order chi connectivity index (χ0) is 10.3. The van der Waals surface area contributed by atoms with Gasteiger partial charge < -0.3 is 0 Å². The van der Waals surface area contributed by atoms with Crippen molar-refractivity contribution in [2.45, 2.75) is 0 Å². The number of nitrogens with zero attached hydrogens (tertiary/aromatic N) is 2. The highest BCUT2D eigenvalue weighted by Gasteiger charge is 1.89. The first-order chi connectivity index (χ1) is 7.45. The molecular weight excluding hydrogens is 184 g/mol. The normalized spacial score (nSPS) is 10.7. The summed E-state index contributed by atoms with van der Waals surface area (Å²) in [5, 5.41) is 0. The van der Waals surface area contributed by atoms with Crippen LogP contribution in [-0.2, 0) is 0 Å². The predicted octanol–water partition coefficient (Wildman–Crippen LogP) is 2.74. The fourth-order valence-electron chi connectivity index (χ4n) is 1.21. The van der Waals surface area contributed by atoms with Gasteiger partial charge in [-0.05, 0) is 11.6 Å². The molecule has 0 aliphatic heterocycles. The Balaban J connectivity index is 1.97. The van der Waals surface area contributed by atoms with E-state index in [0.717, 1.165) is 5.82 Å². The lowest BCUT2D eigenvalue weighted by Crippen LogP contribution is -1.87. The average Bonchev–Trinajstić information content (AvgIpc) is 2.32. The molecule has 0 saturated carbocycles. The zero-order valence-electron chi connectivity index (χ0n) is 8.25. The van der Waals surface area contributed by atoms with Crippen molar-refractivity contribution in [1.29, 1.82) is 0 Å². The molecule has 0 bridgehead atoms. The molecule has 2 rings (SSSR count). The lowest BCUT2D eigenvalue weighted by atomic mass is 10.2. The number of aromatic nitrogens is 2. The summed E-state index contributed by atoms with van der Waals surface area (Å²) >= 11 is 0. The van der Waals surface area contributed by atoms with Crippen LogP contribution in [-0.4, -0.2) is 9.97 Å². The summed E-state index contributed by atoms with van der Waals surface area (Å²) in [6.07, 6.45) is 9.32. The highest BCUT2D eigenvalue weighted by Crippen LogP contribution is 2.03. The van der Waals surface area contributed by atoms with Crippen molar-refractivity contribution in [2.24, 2.45) is 0 Å². The number of rotatable bonds is 3. The highest BCUT2D eigenvalue weighted by atomic mass is 14.8. The summed E-state index contributed by atoms with van der Waals surface area (Å²) in [6.45, 7) is 0. The third-order valence-electron chi connectivity index (χ3n) is 1.92. The number of hydrogen-bond acceptors (Lipinski definition) is 2. The van der Waals surface area contributed by atoms with Crippen molar-refractivity contribution in [3.63, 3.8) is 0 Å². The first-order valence-electron chi connectivity index (χ1n) is 4.78. The molecule has 15 heavy (non-hydrogen) atoms. The Morgan fingerprint density at radius 2 is 1.60 bits per heavy atom. The molecule has 1 radical (unpaired) electrons. The van der Waals surface area contributed by atoms with Gasteiger partial charge in [-0.25, -0.2) is 9.97 Å². The first kappa shape index (κ1) is 9.59. The molecule has 1 aromatic heterocycles. The lowest BCUT2D eigenvalue weighted by Gasteiger charge is -1.92. The Kier molecular flexibility index (Phi) is 3.23. The zero-order valence-corrected chi connectivity index (χ0v) is 8.25. The van der Waals surface area contributed by atoms with E-state index < -0.39 is 0 Å². The Hall–Kier alpha value is -1.96. The number of allylic oxidation sites excluding steroid dienone is 1. The summed E-state index contributed by atoms with van der Waals surface area (Å²) < 4.78 is 0. The van der Waals surface area contributed by atoms with Crippen molar-refractivity contribution in [1.82, 2.24) is 9.97 Å². The molecule has 1 heterocycles. The summed E-state index contributed by atoms with van der Waals surface area (Å²) in [5.74, 6) is 0.727. The van der Waals surface area contributed by atoms with E-state index in [1.807, 2.05) is 36.8 Å². The largest absolute Gasteiger partial charge is 0.241 e. The third-order valence-corrected chi connectivity index (χ3v) is 1.92. The van der Waals surface area contributed by atoms with Gasteiger partial charge in [0.1, 0.15) is 5.82 Å². The van der Waals surface area contributed by atoms with Crippen molar-refractivity contribution in [3.05, 3.63) is 72.7 Å². The van der Waals surface area contributed by atoms with E-state index in [-0.39, 0.29) is 0 Å². The minimum Gasteiger partial charge on any atom is -0.241 e. The molecular formula is C13H11N2. The van der Waals surface area contributed by atoms with Gasteiger partial charge in [-0.15, -0.1) is 0 Å². The fourth-order valence-corrected chi connectivity index (χ4v) is 1.21. The molecule has 0 aliphatic rings. The van der Waals surface area contributed by atoms with Gasteiger partial charge >= 0.3 is 0 Å². The number of hydrogen-bond donors (Lipinski definition) is 0. The maximum atomic E-state index is 4.09. The van der Waals surface area contributed by atoms with E-state index in [2.05, 4.69) is 22.1 Å². The van der Waals surface area contributed by atoms with Crippen LogP contribution in [0.15, 0.2) is 54.9 Å². The standard InChI is InChI=1S/C13H11N2/c1-2-6-12(7-3-1)8-4-9-13-14-10-5-11-15-13/h1-11H. The van der Waals surface area contributed by atoms with Crippen molar-refractivity contribution >= 4 is 6.08 Å². The Labute approximate surface area is 89.3 Å². The van der Waals surface area contributed by atoms with E-state index in [9.17, 15) is 0 Å². The van der Waals surface area contributed by atoms with Crippen LogP contribution in [0.25, 0.3) is 6.08 Å². The first-order valence-corrected chi connectivity index (χ1v) is 4.78. The van der Waals surface area contributed by atoms with Crippen LogP contribution < -0.4 is 0 Å². The number of benzene rings is 1. The Bertz CT molecular complexity index is 421. The van der Waals surface area contributed by atoms with Crippen LogP contribution in [0.4, 0.5) is 0 Å². The van der Waals surface area contributed by atoms with Gasteiger partial charge in [0.05, 0.1) is 6.42 Å². The molecule has 0 fully saturated rings. The maximum Gasteiger partial charge on any atom is 0.136 e. The van der Waals surface area contributed by atoms with E-state index in [4.69, 9.17) is 0 Å². The fraction of sp³-hybridized carbons (Fsp3) is 0. The SMILES string of the molecule is [CH](C=Cc1ccccc1)c1ncccn1. The summed E-state index contributed by atoms with van der Waals surface area (Å²) in [7, 11) is 0. The quantitative estimate of drug-likeness (QED) is 0.752. The highest BCUT2D eigenvalue weighted by molar-refractivity contribution is 5.50. The summed E-state index contributed by atoms with van der Waals surface area (Å²) in [4.78, 5) is 8.18. The van der Waals surface area contributed by atoms with Crippen LogP contribution in [0, 0.1) is 6.42 Å². The smallest absolute Gasteiger partial charge is 0.136 e. The van der Waals surface area contributed by atoms with Gasteiger partial charge in [0.15, 0.2) is 0 Å². The summed E-state index contributed by atoms with van der Waals surface area (Å²) in [5.41, 5.74) is 1.17. The van der Waals surface area contributed by atoms with Crippen molar-refractivity contribution in [3.8, 4) is 0 Å². The van der Waals surface area contributed by atoms with Gasteiger partial charge in [-0.2, -0.15) is 0 Å². The molecule has 0 unspecified atom stereocenters. The minimum atomic E-state index is 0.727. The molecule has 0 N–H and O–H groups in total. The lowest BCUT2D eigenvalue weighted by molar-refractivity contribution is 1.08. The minimum absolute atomic E-state index is 0.727. The van der Waals surface area contributed by atoms with Crippen LogP contribution >= 0.6 is 0 Å². The van der Waals surface area contributed by atoms with Gasteiger partial charge in [-0.3, -0.25) is 0 Å². The molecule has 0 atom stereocenters. The van der Waals surface area contributed by atoms with E-state index in [1.165, 1.54) is 5.56 Å². The van der Waals surface area contributed by atoms with Gasteiger partial charge in [-0.1, -0.05) is 42.5 Å². The van der Waals surface area contributed by atoms with Crippen LogP contribution in [0.2, 0.25) is 0 Å². The van der Waals surface area contributed by atoms with Crippen molar-refractivity contribution < 1.29 is 0 Å². The van der Waals surface area contributed by atoms with Crippen LogP contribution in [0.3, 0.4) is 0 Å². The van der Waals surface area contributed by atoms with Gasteiger partial charge in [0.2, 0.25) is 0 Å². The van der Waals surface area contributed by atoms with E-state index >= 15 is 0 Å². The van der Waals surface area contributed by atoms with E-state index in [1.54, 1.807) is 18.5 Å². The van der Waals surface area contributed by atoms with Gasteiger partial charge in [0, 0.05) is 12.4 Å². The topological polar surface area (TPSA) is 25.8 Å². The molecule has 0 saturated heterocycles. The molecule has 2 heteroatoms. The molecule has 1 aromatic carbocycles. The molecule has 2 nitrogen and oxygen atoms in total. The summed E-state index contributed by atoms with van der Waals surface area (Å²) in [6, 6.07) is 11.9. The van der Waals surface area contributed by atoms with Gasteiger partial charge in [0.25, 0.3) is 0 Å². The van der Waals surface area contributed by atoms with Crippen molar-refractivity contribution in [2.75, 3.05) is 0 Å². The molecule has 0 spiro atoms. The molecule has 0 amide bonds. The predicted molar refractivity (Wildman–Crippen MR) is 60.9 cm³/mol. The monoisotopic (exact) mass is 195 g/mol. The molecule has 0 aliphatic carbocycles. The molecule has 2 aromatic rings. The molecule has 73 valence electrons. The average molecular weight is 195 g/mol. The van der Waals surface area contributed by atoms with Crippen LogP contribution in [0.5, 0.6) is 0 Å².